The van der Waals surface area contributed by atoms with Crippen molar-refractivity contribution in [3.05, 3.63) is 10.2 Å². The number of unbranched alkanes of at least 4 members (excludes halogenated alkanes) is 1. The van der Waals surface area contributed by atoms with Gasteiger partial charge >= 0.3 is 5.13 Å². The number of hydroxylamine groups is 2. The Morgan fingerprint density at radius 2 is 2.08 bits per heavy atom. The molecule has 1 aromatic heterocycles. The van der Waals surface area contributed by atoms with Crippen molar-refractivity contribution in [2.75, 3.05) is 26.9 Å². The summed E-state index contributed by atoms with van der Waals surface area (Å²) >= 11 is 1.37. The highest BCUT2D eigenvalue weighted by atomic mass is 32.1. The van der Waals surface area contributed by atoms with Gasteiger partial charge in [0.2, 0.25) is 6.23 Å². The lowest BCUT2D eigenvalue weighted by Crippen LogP contribution is -2.48. The van der Waals surface area contributed by atoms with E-state index in [9.17, 15) is 10.3 Å². The zero-order valence-electron chi connectivity index (χ0n) is 14.6. The van der Waals surface area contributed by atoms with Crippen LogP contribution in [0.2, 0.25) is 0 Å². The first-order chi connectivity index (χ1) is 11.5. The minimum atomic E-state index is -0.974. The summed E-state index contributed by atoms with van der Waals surface area (Å²) in [5.41, 5.74) is 0. The second-order valence-corrected chi connectivity index (χ2v) is 8.06. The van der Waals surface area contributed by atoms with Crippen LogP contribution in [-0.4, -0.2) is 59.4 Å². The molecule has 2 fully saturated rings. The monoisotopic (exact) mass is 356 g/mol. The lowest BCUT2D eigenvalue weighted by atomic mass is 9.88. The van der Waals surface area contributed by atoms with E-state index in [1.165, 1.54) is 17.8 Å². The normalized spacial score (nSPS) is 34.8. The van der Waals surface area contributed by atoms with Crippen LogP contribution in [0.15, 0.2) is 0 Å². The number of hydrogen-bond donors (Lipinski definition) is 1. The van der Waals surface area contributed by atoms with Gasteiger partial charge in [-0.2, -0.15) is 0 Å². The van der Waals surface area contributed by atoms with Crippen molar-refractivity contribution in [2.45, 2.75) is 63.7 Å². The number of ether oxygens (including phenoxy) is 1. The molecule has 1 saturated carbocycles. The number of aliphatic hydroxyl groups excluding tert-OH is 1. The first-order valence-electron chi connectivity index (χ1n) is 8.94. The Morgan fingerprint density at radius 3 is 2.71 bits per heavy atom. The van der Waals surface area contributed by atoms with E-state index in [0.29, 0.717) is 23.7 Å². The molecule has 0 amide bonds. The van der Waals surface area contributed by atoms with Crippen LogP contribution in [0.3, 0.4) is 0 Å². The third kappa shape index (κ3) is 3.79. The summed E-state index contributed by atoms with van der Waals surface area (Å²) in [5, 5.41) is 32.7. The molecule has 0 radical (unpaired) electrons. The van der Waals surface area contributed by atoms with Crippen LogP contribution in [-0.2, 0) is 4.74 Å². The van der Waals surface area contributed by atoms with Crippen LogP contribution in [0.25, 0.3) is 0 Å². The molecule has 1 aliphatic heterocycles. The number of likely N-dealkylation sites (N-methyl/N-ethyl adjacent to an activating group) is 1. The second kappa shape index (κ2) is 7.72. The van der Waals surface area contributed by atoms with Gasteiger partial charge in [-0.05, 0) is 50.5 Å². The van der Waals surface area contributed by atoms with E-state index in [4.69, 9.17) is 4.74 Å². The van der Waals surface area contributed by atoms with Gasteiger partial charge in [-0.3, -0.25) is 9.55 Å². The smallest absolute Gasteiger partial charge is 0.309 e. The molecule has 136 valence electrons. The highest BCUT2D eigenvalue weighted by Crippen LogP contribution is 2.39. The minimum absolute atomic E-state index is 0.230. The first-order valence-corrected chi connectivity index (χ1v) is 9.75. The Balaban J connectivity index is 1.57. The molecule has 24 heavy (non-hydrogen) atoms. The summed E-state index contributed by atoms with van der Waals surface area (Å²) in [6.07, 6.45) is 5.85. The Bertz CT molecular complexity index is 535. The fourth-order valence-electron chi connectivity index (χ4n) is 3.52. The van der Waals surface area contributed by atoms with Crippen molar-refractivity contribution < 1.29 is 9.84 Å². The molecule has 7 nitrogen and oxygen atoms in total. The van der Waals surface area contributed by atoms with E-state index < -0.39 is 10.9 Å². The fraction of sp³-hybridized carbons (Fsp3) is 0.875. The molecule has 0 aromatic carbocycles. The van der Waals surface area contributed by atoms with Crippen LogP contribution in [0.5, 0.6) is 0 Å². The molecule has 1 aromatic rings. The summed E-state index contributed by atoms with van der Waals surface area (Å²) in [6.45, 7) is 3.64. The summed E-state index contributed by atoms with van der Waals surface area (Å²) < 4.78 is 5.12. The standard InChI is InChI=1S/C16H28N4O3S/c1-3-4-9-23-13-7-5-12(6-8-13)15-17-18-16(24-15)20(22)11-19(2)10-14(20)21/h12-14,21H,3-11H2,1-2H3. The summed E-state index contributed by atoms with van der Waals surface area (Å²) in [6, 6.07) is 0. The lowest BCUT2D eigenvalue weighted by molar-refractivity contribution is 0.0232. The van der Waals surface area contributed by atoms with E-state index >= 15 is 0 Å². The predicted octanol–water partition coefficient (Wildman–Crippen LogP) is 2.41. The van der Waals surface area contributed by atoms with Gasteiger partial charge in [0.05, 0.1) is 12.6 Å². The quantitative estimate of drug-likeness (QED) is 0.479. The van der Waals surface area contributed by atoms with Gasteiger partial charge in [0.25, 0.3) is 0 Å². The highest BCUT2D eigenvalue weighted by Gasteiger charge is 2.42. The fourth-order valence-corrected chi connectivity index (χ4v) is 4.61. The number of aromatic nitrogens is 2. The van der Waals surface area contributed by atoms with Gasteiger partial charge in [-0.25, -0.2) is 0 Å². The van der Waals surface area contributed by atoms with Crippen LogP contribution in [0, 0.1) is 5.21 Å². The molecular weight excluding hydrogens is 328 g/mol. The van der Waals surface area contributed by atoms with E-state index in [2.05, 4.69) is 17.1 Å². The van der Waals surface area contributed by atoms with Gasteiger partial charge in [-0.1, -0.05) is 18.4 Å². The summed E-state index contributed by atoms with van der Waals surface area (Å²) in [5.74, 6) is 0.367. The van der Waals surface area contributed by atoms with Crippen molar-refractivity contribution in [2.24, 2.45) is 0 Å². The minimum Gasteiger partial charge on any atom is -0.623 e. The van der Waals surface area contributed by atoms with Gasteiger partial charge in [0.1, 0.15) is 11.7 Å². The SMILES string of the molecule is CCCCOC1CCC(c2nnc([N+]3([O-])CN(C)CC3O)s2)CC1. The molecular formula is C16H28N4O3S. The van der Waals surface area contributed by atoms with E-state index in [0.717, 1.165) is 43.7 Å². The molecule has 1 aliphatic carbocycles. The third-order valence-electron chi connectivity index (χ3n) is 5.04. The van der Waals surface area contributed by atoms with Crippen LogP contribution < -0.4 is 4.65 Å². The molecule has 2 aliphatic rings. The number of β-amino-alcohol motifs (C(OH)–C–C–N with tert-alkyl or cyclic N) is 1. The highest BCUT2D eigenvalue weighted by molar-refractivity contribution is 7.15. The van der Waals surface area contributed by atoms with Crippen molar-refractivity contribution >= 4 is 16.5 Å². The van der Waals surface area contributed by atoms with Crippen LogP contribution in [0.4, 0.5) is 5.13 Å². The molecule has 1 N–H and O–H groups in total. The maximum atomic E-state index is 12.9. The van der Waals surface area contributed by atoms with Crippen molar-refractivity contribution in [1.82, 2.24) is 19.7 Å². The van der Waals surface area contributed by atoms with Gasteiger partial charge in [-0.15, -0.1) is 5.10 Å². The third-order valence-corrected chi connectivity index (χ3v) is 6.23. The number of rotatable bonds is 6. The molecule has 0 bridgehead atoms. The zero-order chi connectivity index (χ0) is 17.2. The molecule has 0 spiro atoms. The number of quaternary nitrogens is 1. The van der Waals surface area contributed by atoms with E-state index in [1.54, 1.807) is 0 Å². The van der Waals surface area contributed by atoms with Gasteiger partial charge in [0, 0.05) is 12.5 Å². The Labute approximate surface area is 147 Å². The summed E-state index contributed by atoms with van der Waals surface area (Å²) in [7, 11) is 1.84. The maximum Gasteiger partial charge on any atom is 0.309 e. The zero-order valence-corrected chi connectivity index (χ0v) is 15.4. The van der Waals surface area contributed by atoms with Crippen molar-refractivity contribution in [3.8, 4) is 0 Å². The first kappa shape index (κ1) is 18.2. The average molecular weight is 356 g/mol. The molecule has 2 heterocycles. The van der Waals surface area contributed by atoms with Crippen molar-refractivity contribution in [3.63, 3.8) is 0 Å². The van der Waals surface area contributed by atoms with E-state index in [-0.39, 0.29) is 6.67 Å². The largest absolute Gasteiger partial charge is 0.623 e. The molecule has 2 unspecified atom stereocenters. The van der Waals surface area contributed by atoms with E-state index in [1.807, 2.05) is 11.9 Å². The average Bonchev–Trinajstić information content (AvgIpc) is 3.15. The Kier molecular flexibility index (Phi) is 5.84. The van der Waals surface area contributed by atoms with Crippen LogP contribution in [0.1, 0.15) is 56.4 Å². The Morgan fingerprint density at radius 1 is 1.33 bits per heavy atom. The number of nitrogens with zero attached hydrogens (tertiary/aromatic N) is 4. The van der Waals surface area contributed by atoms with Gasteiger partial charge < -0.3 is 15.1 Å². The summed E-state index contributed by atoms with van der Waals surface area (Å²) in [4.78, 5) is 1.83. The van der Waals surface area contributed by atoms with Crippen LogP contribution >= 0.6 is 11.3 Å². The topological polar surface area (TPSA) is 81.5 Å². The number of hydrogen-bond acceptors (Lipinski definition) is 7. The van der Waals surface area contributed by atoms with Gasteiger partial charge in [0.15, 0.2) is 0 Å². The molecule has 1 saturated heterocycles. The predicted molar refractivity (Wildman–Crippen MR) is 94.4 cm³/mol. The Hall–Kier alpha value is -0.640. The molecule has 8 heteroatoms. The number of aliphatic hydroxyl groups is 1. The lowest BCUT2D eigenvalue weighted by Gasteiger charge is -2.36. The molecule has 2 atom stereocenters. The maximum absolute atomic E-state index is 12.9. The van der Waals surface area contributed by atoms with Crippen molar-refractivity contribution in [1.29, 1.82) is 0 Å². The second-order valence-electron chi connectivity index (χ2n) is 7.08. The molecule has 3 rings (SSSR count).